The highest BCUT2D eigenvalue weighted by atomic mass is 35.5. The fourth-order valence-electron chi connectivity index (χ4n) is 1.17. The van der Waals surface area contributed by atoms with Crippen molar-refractivity contribution >= 4 is 17.5 Å². The highest BCUT2D eigenvalue weighted by Gasteiger charge is 2.03. The van der Waals surface area contributed by atoms with Crippen molar-refractivity contribution in [3.8, 4) is 5.75 Å². The molecule has 0 aliphatic carbocycles. The molecule has 0 aliphatic rings. The number of benzene rings is 1. The van der Waals surface area contributed by atoms with Crippen LogP contribution in [0.2, 0.25) is 5.02 Å². The van der Waals surface area contributed by atoms with Crippen molar-refractivity contribution in [3.05, 3.63) is 29.3 Å². The molecule has 1 aromatic carbocycles. The minimum Gasteiger partial charge on any atom is -0.494 e. The highest BCUT2D eigenvalue weighted by Crippen LogP contribution is 2.15. The number of halogens is 1. The number of hydrogen-bond donors (Lipinski definition) is 0. The largest absolute Gasteiger partial charge is 0.494 e. The molecule has 0 spiro atoms. The molecule has 0 fully saturated rings. The second-order valence-corrected chi connectivity index (χ2v) is 4.13. The Balaban J connectivity index is 2.21. The Hall–Kier alpha value is -1.22. The van der Waals surface area contributed by atoms with Gasteiger partial charge in [0, 0.05) is 25.5 Å². The van der Waals surface area contributed by atoms with Gasteiger partial charge in [0.05, 0.1) is 6.61 Å². The number of ether oxygens (including phenoxy) is 1. The Labute approximate surface area is 101 Å². The SMILES string of the molecule is CN(C)C(=O)CCCOc1ccc(Cl)cc1. The van der Waals surface area contributed by atoms with Crippen molar-refractivity contribution < 1.29 is 9.53 Å². The lowest BCUT2D eigenvalue weighted by Crippen LogP contribution is -2.21. The van der Waals surface area contributed by atoms with Crippen LogP contribution in [-0.2, 0) is 4.79 Å². The molecule has 0 N–H and O–H groups in total. The molecule has 1 aromatic rings. The van der Waals surface area contributed by atoms with Crippen molar-refractivity contribution in [2.24, 2.45) is 0 Å². The number of carbonyl (C=O) groups is 1. The first-order chi connectivity index (χ1) is 7.59. The lowest BCUT2D eigenvalue weighted by Gasteiger charge is -2.10. The fourth-order valence-corrected chi connectivity index (χ4v) is 1.29. The topological polar surface area (TPSA) is 29.5 Å². The third-order valence-corrected chi connectivity index (χ3v) is 2.37. The first-order valence-corrected chi connectivity index (χ1v) is 5.56. The van der Waals surface area contributed by atoms with Crippen LogP contribution in [0.15, 0.2) is 24.3 Å². The average molecular weight is 242 g/mol. The van der Waals surface area contributed by atoms with Crippen molar-refractivity contribution in [2.45, 2.75) is 12.8 Å². The molecule has 3 nitrogen and oxygen atoms in total. The lowest BCUT2D eigenvalue weighted by atomic mass is 10.3. The van der Waals surface area contributed by atoms with Crippen LogP contribution in [0.3, 0.4) is 0 Å². The second kappa shape index (κ2) is 6.38. The molecule has 0 bridgehead atoms. The van der Waals surface area contributed by atoms with E-state index < -0.39 is 0 Å². The van der Waals surface area contributed by atoms with E-state index >= 15 is 0 Å². The summed E-state index contributed by atoms with van der Waals surface area (Å²) in [5, 5.41) is 0.690. The van der Waals surface area contributed by atoms with Crippen LogP contribution in [0.4, 0.5) is 0 Å². The number of carbonyl (C=O) groups excluding carboxylic acids is 1. The van der Waals surface area contributed by atoms with E-state index in [0.717, 1.165) is 12.2 Å². The Bertz CT molecular complexity index is 335. The third-order valence-electron chi connectivity index (χ3n) is 2.12. The number of nitrogens with zero attached hydrogens (tertiary/aromatic N) is 1. The van der Waals surface area contributed by atoms with Gasteiger partial charge in [-0.1, -0.05) is 11.6 Å². The second-order valence-electron chi connectivity index (χ2n) is 3.69. The van der Waals surface area contributed by atoms with E-state index in [0.29, 0.717) is 18.1 Å². The van der Waals surface area contributed by atoms with Gasteiger partial charge in [-0.2, -0.15) is 0 Å². The van der Waals surface area contributed by atoms with Crippen LogP contribution in [0.25, 0.3) is 0 Å². The standard InChI is InChI=1S/C12H16ClNO2/c1-14(2)12(15)4-3-9-16-11-7-5-10(13)6-8-11/h5-8H,3-4,9H2,1-2H3. The van der Waals surface area contributed by atoms with E-state index in [9.17, 15) is 4.79 Å². The zero-order chi connectivity index (χ0) is 12.0. The monoisotopic (exact) mass is 241 g/mol. The van der Waals surface area contributed by atoms with Crippen LogP contribution in [0.1, 0.15) is 12.8 Å². The predicted octanol–water partition coefficient (Wildman–Crippen LogP) is 2.59. The molecule has 0 aromatic heterocycles. The summed E-state index contributed by atoms with van der Waals surface area (Å²) in [5.74, 6) is 0.904. The van der Waals surface area contributed by atoms with Gasteiger partial charge in [-0.3, -0.25) is 4.79 Å². The summed E-state index contributed by atoms with van der Waals surface area (Å²) in [6, 6.07) is 7.19. The van der Waals surface area contributed by atoms with Crippen LogP contribution in [0.5, 0.6) is 5.75 Å². The van der Waals surface area contributed by atoms with Crippen molar-refractivity contribution in [1.29, 1.82) is 0 Å². The molecule has 0 unspecified atom stereocenters. The quantitative estimate of drug-likeness (QED) is 0.742. The molecular weight excluding hydrogens is 226 g/mol. The van der Waals surface area contributed by atoms with Crippen LogP contribution < -0.4 is 4.74 Å². The number of rotatable bonds is 5. The Kier molecular flexibility index (Phi) is 5.12. The molecule has 88 valence electrons. The van der Waals surface area contributed by atoms with Crippen LogP contribution >= 0.6 is 11.6 Å². The zero-order valence-electron chi connectivity index (χ0n) is 9.57. The summed E-state index contributed by atoms with van der Waals surface area (Å²) in [7, 11) is 3.50. The van der Waals surface area contributed by atoms with Gasteiger partial charge < -0.3 is 9.64 Å². The summed E-state index contributed by atoms with van der Waals surface area (Å²) in [4.78, 5) is 12.8. The smallest absolute Gasteiger partial charge is 0.222 e. The fraction of sp³-hybridized carbons (Fsp3) is 0.417. The summed E-state index contributed by atoms with van der Waals surface area (Å²) in [6.07, 6.45) is 1.24. The third kappa shape index (κ3) is 4.53. The van der Waals surface area contributed by atoms with Gasteiger partial charge in [-0.05, 0) is 30.7 Å². The van der Waals surface area contributed by atoms with Gasteiger partial charge in [0.1, 0.15) is 5.75 Å². The molecule has 4 heteroatoms. The highest BCUT2D eigenvalue weighted by molar-refractivity contribution is 6.30. The molecule has 0 heterocycles. The maximum Gasteiger partial charge on any atom is 0.222 e. The van der Waals surface area contributed by atoms with E-state index in [2.05, 4.69) is 0 Å². The molecular formula is C12H16ClNO2. The van der Waals surface area contributed by atoms with Gasteiger partial charge in [0.25, 0.3) is 0 Å². The van der Waals surface area contributed by atoms with E-state index in [1.54, 1.807) is 31.1 Å². The number of amides is 1. The summed E-state index contributed by atoms with van der Waals surface area (Å²) < 4.78 is 5.46. The normalized spacial score (nSPS) is 9.94. The summed E-state index contributed by atoms with van der Waals surface area (Å²) >= 11 is 5.74. The molecule has 0 saturated heterocycles. The maximum atomic E-state index is 11.3. The van der Waals surface area contributed by atoms with Crippen molar-refractivity contribution in [3.63, 3.8) is 0 Å². The van der Waals surface area contributed by atoms with Crippen molar-refractivity contribution in [1.82, 2.24) is 4.90 Å². The van der Waals surface area contributed by atoms with Crippen LogP contribution in [-0.4, -0.2) is 31.5 Å². The zero-order valence-corrected chi connectivity index (χ0v) is 10.3. The first-order valence-electron chi connectivity index (χ1n) is 5.18. The molecule has 0 radical (unpaired) electrons. The Morgan fingerprint density at radius 3 is 2.50 bits per heavy atom. The minimum atomic E-state index is 0.125. The Morgan fingerprint density at radius 1 is 1.31 bits per heavy atom. The molecule has 1 rings (SSSR count). The van der Waals surface area contributed by atoms with Crippen LogP contribution in [0, 0.1) is 0 Å². The van der Waals surface area contributed by atoms with Crippen molar-refractivity contribution in [2.75, 3.05) is 20.7 Å². The Morgan fingerprint density at radius 2 is 1.94 bits per heavy atom. The van der Waals surface area contributed by atoms with Gasteiger partial charge in [0.2, 0.25) is 5.91 Å². The molecule has 0 aliphatic heterocycles. The number of hydrogen-bond acceptors (Lipinski definition) is 2. The van der Waals surface area contributed by atoms with E-state index in [1.807, 2.05) is 12.1 Å². The minimum absolute atomic E-state index is 0.125. The van der Waals surface area contributed by atoms with Gasteiger partial charge >= 0.3 is 0 Å². The molecule has 16 heavy (non-hydrogen) atoms. The predicted molar refractivity (Wildman–Crippen MR) is 64.9 cm³/mol. The molecule has 0 atom stereocenters. The maximum absolute atomic E-state index is 11.3. The van der Waals surface area contributed by atoms with Gasteiger partial charge in [-0.25, -0.2) is 0 Å². The van der Waals surface area contributed by atoms with E-state index in [-0.39, 0.29) is 5.91 Å². The average Bonchev–Trinajstić information content (AvgIpc) is 2.26. The lowest BCUT2D eigenvalue weighted by molar-refractivity contribution is -0.128. The van der Waals surface area contributed by atoms with Gasteiger partial charge in [-0.15, -0.1) is 0 Å². The summed E-state index contributed by atoms with van der Waals surface area (Å²) in [5.41, 5.74) is 0. The first kappa shape index (κ1) is 12.8. The van der Waals surface area contributed by atoms with E-state index in [4.69, 9.17) is 16.3 Å². The summed E-state index contributed by atoms with van der Waals surface area (Å²) in [6.45, 7) is 0.543. The van der Waals surface area contributed by atoms with E-state index in [1.165, 1.54) is 0 Å². The molecule has 0 saturated carbocycles. The molecule has 1 amide bonds. The van der Waals surface area contributed by atoms with Gasteiger partial charge in [0.15, 0.2) is 0 Å².